The van der Waals surface area contributed by atoms with Gasteiger partial charge in [-0.2, -0.15) is 0 Å². The van der Waals surface area contributed by atoms with Crippen molar-refractivity contribution >= 4 is 24.2 Å². The van der Waals surface area contributed by atoms with Crippen molar-refractivity contribution in [3.63, 3.8) is 0 Å². The maximum atomic E-state index is 12.9. The highest BCUT2D eigenvalue weighted by atomic mass is 35.5. The lowest BCUT2D eigenvalue weighted by Gasteiger charge is -2.38. The molecule has 1 aromatic rings. The topological polar surface area (TPSA) is 61.9 Å². The van der Waals surface area contributed by atoms with Crippen LogP contribution in [-0.4, -0.2) is 67.0 Å². The van der Waals surface area contributed by atoms with Crippen molar-refractivity contribution in [1.29, 1.82) is 0 Å². The lowest BCUT2D eigenvalue weighted by atomic mass is 9.92. The first kappa shape index (κ1) is 21.4. The number of rotatable bonds is 4. The van der Waals surface area contributed by atoms with E-state index >= 15 is 0 Å². The highest BCUT2D eigenvalue weighted by Gasteiger charge is 2.31. The number of piperazine rings is 1. The Morgan fingerprint density at radius 3 is 2.41 bits per heavy atom. The fourth-order valence-electron chi connectivity index (χ4n) is 3.56. The number of nitrogens with one attached hydrogen (secondary N) is 1. The number of carbonyl (C=O) groups excluding carboxylic acids is 2. The van der Waals surface area contributed by atoms with E-state index in [0.29, 0.717) is 38.0 Å². The zero-order chi connectivity index (χ0) is 18.5. The molecule has 2 atom stereocenters. The zero-order valence-electron chi connectivity index (χ0n) is 15.5. The third-order valence-corrected chi connectivity index (χ3v) is 5.09. The predicted octanol–water partition coefficient (Wildman–Crippen LogP) is 1.69. The van der Waals surface area contributed by atoms with Gasteiger partial charge in [0.1, 0.15) is 11.6 Å². The Balaban J connectivity index is 0.00000261. The summed E-state index contributed by atoms with van der Waals surface area (Å²) in [4.78, 5) is 28.5. The van der Waals surface area contributed by atoms with E-state index < -0.39 is 0 Å². The van der Waals surface area contributed by atoms with Crippen LogP contribution in [0.25, 0.3) is 0 Å². The monoisotopic (exact) mass is 399 g/mol. The minimum absolute atomic E-state index is 0. The molecule has 0 radical (unpaired) electrons. The summed E-state index contributed by atoms with van der Waals surface area (Å²) in [5, 5.41) is 3.36. The van der Waals surface area contributed by atoms with Gasteiger partial charge in [0.25, 0.3) is 5.91 Å². The van der Waals surface area contributed by atoms with Crippen LogP contribution in [0.4, 0.5) is 4.39 Å². The minimum atomic E-state index is -0.340. The maximum Gasteiger partial charge on any atom is 0.260 e. The minimum Gasteiger partial charge on any atom is -0.484 e. The molecule has 1 aromatic carbocycles. The smallest absolute Gasteiger partial charge is 0.260 e. The molecule has 8 heteroatoms. The van der Waals surface area contributed by atoms with E-state index in [-0.39, 0.29) is 42.6 Å². The molecule has 150 valence electrons. The van der Waals surface area contributed by atoms with Crippen molar-refractivity contribution < 1.29 is 18.7 Å². The number of piperidine rings is 1. The van der Waals surface area contributed by atoms with Gasteiger partial charge in [0.05, 0.1) is 0 Å². The van der Waals surface area contributed by atoms with Crippen LogP contribution in [0.5, 0.6) is 5.75 Å². The summed E-state index contributed by atoms with van der Waals surface area (Å²) in [6, 6.07) is 5.97. The molecule has 3 rings (SSSR count). The van der Waals surface area contributed by atoms with E-state index in [9.17, 15) is 14.0 Å². The Bertz CT molecular complexity index is 636. The third-order valence-electron chi connectivity index (χ3n) is 5.09. The first-order valence-corrected chi connectivity index (χ1v) is 9.21. The quantitative estimate of drug-likeness (QED) is 0.836. The number of carbonyl (C=O) groups is 2. The second-order valence-electron chi connectivity index (χ2n) is 7.03. The van der Waals surface area contributed by atoms with Crippen LogP contribution < -0.4 is 10.1 Å². The molecule has 0 spiro atoms. The summed E-state index contributed by atoms with van der Waals surface area (Å²) in [6.45, 7) is 5.11. The molecule has 2 saturated heterocycles. The van der Waals surface area contributed by atoms with Gasteiger partial charge < -0.3 is 19.9 Å². The molecule has 2 aliphatic rings. The van der Waals surface area contributed by atoms with Crippen LogP contribution in [0, 0.1) is 11.7 Å². The largest absolute Gasteiger partial charge is 0.484 e. The number of hydrogen-bond donors (Lipinski definition) is 1. The molecular weight excluding hydrogens is 373 g/mol. The number of ether oxygens (including phenoxy) is 1. The van der Waals surface area contributed by atoms with Gasteiger partial charge in [-0.05, 0) is 50.6 Å². The van der Waals surface area contributed by atoms with Gasteiger partial charge in [0, 0.05) is 38.1 Å². The number of benzene rings is 1. The molecule has 0 saturated carbocycles. The molecule has 2 heterocycles. The second-order valence-corrected chi connectivity index (χ2v) is 7.03. The van der Waals surface area contributed by atoms with E-state index in [0.717, 1.165) is 19.4 Å². The lowest BCUT2D eigenvalue weighted by Crippen LogP contribution is -2.54. The average molecular weight is 400 g/mol. The summed E-state index contributed by atoms with van der Waals surface area (Å²) in [6.07, 6.45) is 1.76. The van der Waals surface area contributed by atoms with Gasteiger partial charge in [0.2, 0.25) is 5.91 Å². The van der Waals surface area contributed by atoms with Crippen molar-refractivity contribution in [2.75, 3.05) is 39.3 Å². The Hall–Kier alpha value is -1.86. The SMILES string of the molecule is C[C@H]1C[C@@H](C(=O)N2CCN(C(=O)COc3ccc(F)cc3)CC2)CCN1.Cl. The van der Waals surface area contributed by atoms with E-state index in [2.05, 4.69) is 12.2 Å². The van der Waals surface area contributed by atoms with E-state index in [1.54, 1.807) is 4.90 Å². The van der Waals surface area contributed by atoms with Gasteiger partial charge in [-0.1, -0.05) is 0 Å². The molecular formula is C19H27ClFN3O3. The normalized spacial score (nSPS) is 22.7. The van der Waals surface area contributed by atoms with Crippen LogP contribution in [0.1, 0.15) is 19.8 Å². The Morgan fingerprint density at radius 1 is 1.15 bits per heavy atom. The van der Waals surface area contributed by atoms with E-state index in [4.69, 9.17) is 4.74 Å². The predicted molar refractivity (Wildman–Crippen MR) is 102 cm³/mol. The number of amides is 2. The molecule has 0 unspecified atom stereocenters. The van der Waals surface area contributed by atoms with Crippen LogP contribution in [0.3, 0.4) is 0 Å². The highest BCUT2D eigenvalue weighted by Crippen LogP contribution is 2.20. The first-order valence-electron chi connectivity index (χ1n) is 9.21. The Labute approximate surface area is 165 Å². The van der Waals surface area contributed by atoms with Gasteiger partial charge in [-0.3, -0.25) is 9.59 Å². The van der Waals surface area contributed by atoms with Crippen molar-refractivity contribution in [2.24, 2.45) is 5.92 Å². The average Bonchev–Trinajstić information content (AvgIpc) is 2.67. The summed E-state index contributed by atoms with van der Waals surface area (Å²) < 4.78 is 18.3. The molecule has 2 amide bonds. The molecule has 2 aliphatic heterocycles. The summed E-state index contributed by atoms with van der Waals surface area (Å²) in [5.74, 6) is 0.321. The van der Waals surface area contributed by atoms with Gasteiger partial charge in [-0.25, -0.2) is 4.39 Å². The number of hydrogen-bond acceptors (Lipinski definition) is 4. The fourth-order valence-corrected chi connectivity index (χ4v) is 3.56. The summed E-state index contributed by atoms with van der Waals surface area (Å²) in [7, 11) is 0. The molecule has 0 bridgehead atoms. The van der Waals surface area contributed by atoms with Crippen molar-refractivity contribution in [3.05, 3.63) is 30.1 Å². The highest BCUT2D eigenvalue weighted by molar-refractivity contribution is 5.85. The maximum absolute atomic E-state index is 12.9. The van der Waals surface area contributed by atoms with Crippen LogP contribution in [0.2, 0.25) is 0 Å². The molecule has 0 aliphatic carbocycles. The second kappa shape index (κ2) is 9.90. The van der Waals surface area contributed by atoms with Gasteiger partial charge >= 0.3 is 0 Å². The fraction of sp³-hybridized carbons (Fsp3) is 0.579. The standard InChI is InChI=1S/C19H26FN3O3.ClH/c1-14-12-15(6-7-21-14)19(25)23-10-8-22(9-11-23)18(24)13-26-17-4-2-16(20)3-5-17;/h2-5,14-15,21H,6-13H2,1H3;1H/t14-,15-;/m0./s1. The van der Waals surface area contributed by atoms with Crippen LogP contribution in [-0.2, 0) is 9.59 Å². The first-order chi connectivity index (χ1) is 12.5. The Kier molecular flexibility index (Phi) is 7.86. The third kappa shape index (κ3) is 5.81. The van der Waals surface area contributed by atoms with Crippen molar-refractivity contribution in [3.8, 4) is 5.75 Å². The van der Waals surface area contributed by atoms with Crippen LogP contribution >= 0.6 is 12.4 Å². The molecule has 0 aromatic heterocycles. The molecule has 27 heavy (non-hydrogen) atoms. The number of halogens is 2. The Morgan fingerprint density at radius 2 is 1.78 bits per heavy atom. The van der Waals surface area contributed by atoms with E-state index in [1.807, 2.05) is 4.90 Å². The van der Waals surface area contributed by atoms with Crippen molar-refractivity contribution in [1.82, 2.24) is 15.1 Å². The summed E-state index contributed by atoms with van der Waals surface area (Å²) in [5.41, 5.74) is 0. The van der Waals surface area contributed by atoms with E-state index in [1.165, 1.54) is 24.3 Å². The molecule has 2 fully saturated rings. The van der Waals surface area contributed by atoms with Crippen LogP contribution in [0.15, 0.2) is 24.3 Å². The molecule has 6 nitrogen and oxygen atoms in total. The van der Waals surface area contributed by atoms with Gasteiger partial charge in [0.15, 0.2) is 6.61 Å². The zero-order valence-corrected chi connectivity index (χ0v) is 16.3. The lowest BCUT2D eigenvalue weighted by molar-refractivity contribution is -0.143. The molecule has 1 N–H and O–H groups in total. The number of nitrogens with zero attached hydrogens (tertiary/aromatic N) is 2. The van der Waals surface area contributed by atoms with Crippen molar-refractivity contribution in [2.45, 2.75) is 25.8 Å². The summed E-state index contributed by atoms with van der Waals surface area (Å²) >= 11 is 0. The van der Waals surface area contributed by atoms with Gasteiger partial charge in [-0.15, -0.1) is 12.4 Å².